The zero-order chi connectivity index (χ0) is 32.4. The van der Waals surface area contributed by atoms with Gasteiger partial charge in [-0.15, -0.1) is 0 Å². The Morgan fingerprint density at radius 2 is 1.70 bits per heavy atom. The third kappa shape index (κ3) is 5.66. The van der Waals surface area contributed by atoms with Crippen molar-refractivity contribution in [3.05, 3.63) is 131 Å². The number of rotatable bonds is 8. The van der Waals surface area contributed by atoms with Gasteiger partial charge in [-0.05, 0) is 72.1 Å². The van der Waals surface area contributed by atoms with Crippen molar-refractivity contribution in [1.82, 2.24) is 4.90 Å². The van der Waals surface area contributed by atoms with E-state index in [0.29, 0.717) is 46.8 Å². The Morgan fingerprint density at radius 3 is 2.41 bits per heavy atom. The summed E-state index contributed by atoms with van der Waals surface area (Å²) in [6.07, 6.45) is 3.97. The minimum absolute atomic E-state index is 0.0419. The van der Waals surface area contributed by atoms with Gasteiger partial charge in [-0.1, -0.05) is 61.5 Å². The van der Waals surface area contributed by atoms with E-state index >= 15 is 0 Å². The molecule has 3 atom stereocenters. The van der Waals surface area contributed by atoms with Crippen molar-refractivity contribution in [1.29, 1.82) is 0 Å². The zero-order valence-electron chi connectivity index (χ0n) is 25.5. The third-order valence-corrected chi connectivity index (χ3v) is 8.89. The van der Waals surface area contributed by atoms with Gasteiger partial charge in [0.2, 0.25) is 5.91 Å². The third-order valence-electron chi connectivity index (χ3n) is 8.89. The highest BCUT2D eigenvalue weighted by Crippen LogP contribution is 2.49. The molecule has 0 bridgehead atoms. The van der Waals surface area contributed by atoms with Gasteiger partial charge >= 0.3 is 0 Å². The fraction of sp³-hybridized carbons (Fsp3) is 0.216. The number of aliphatic hydroxyl groups is 2. The standard InChI is InChI=1S/C37H36N4O5/c1-24(8-7-13-34(43)40-22-27-10-6-5-9-26(27)20-31(40)23-42)37(46)32-21-29(39-35(44)25-14-16-28(38)17-15-25)18-19-33(32)41(36(37)45)30-11-3-2-4-12-30/h2-12,14-19,21,24,31,42,46H,13,20,22-23,38H2,1H3,(H,39,44)/b8-7+/t24-,31-,37+/m0/s1. The van der Waals surface area contributed by atoms with Gasteiger partial charge in [0, 0.05) is 47.1 Å². The molecule has 0 radical (unpaired) electrons. The van der Waals surface area contributed by atoms with Gasteiger partial charge in [0.25, 0.3) is 11.8 Å². The van der Waals surface area contributed by atoms with Crippen LogP contribution in [0.25, 0.3) is 0 Å². The van der Waals surface area contributed by atoms with Crippen molar-refractivity contribution in [2.75, 3.05) is 22.6 Å². The van der Waals surface area contributed by atoms with Gasteiger partial charge in [-0.3, -0.25) is 19.3 Å². The monoisotopic (exact) mass is 616 g/mol. The molecule has 4 aromatic rings. The van der Waals surface area contributed by atoms with Crippen molar-refractivity contribution >= 4 is 40.5 Å². The average molecular weight is 617 g/mol. The second-order valence-corrected chi connectivity index (χ2v) is 11.8. The highest BCUT2D eigenvalue weighted by atomic mass is 16.3. The number of hydrogen-bond acceptors (Lipinski definition) is 6. The van der Waals surface area contributed by atoms with Gasteiger partial charge in [0.1, 0.15) is 0 Å². The first-order valence-electron chi connectivity index (χ1n) is 15.3. The molecule has 5 N–H and O–H groups in total. The molecular weight excluding hydrogens is 580 g/mol. The molecule has 0 saturated carbocycles. The van der Waals surface area contributed by atoms with Crippen molar-refractivity contribution < 1.29 is 24.6 Å². The summed E-state index contributed by atoms with van der Waals surface area (Å²) >= 11 is 0. The Morgan fingerprint density at radius 1 is 1.00 bits per heavy atom. The number of fused-ring (bicyclic) bond motifs is 2. The second-order valence-electron chi connectivity index (χ2n) is 11.8. The van der Waals surface area contributed by atoms with E-state index < -0.39 is 17.4 Å². The highest BCUT2D eigenvalue weighted by molar-refractivity contribution is 6.13. The molecule has 0 saturated heterocycles. The van der Waals surface area contributed by atoms with Gasteiger partial charge < -0.3 is 26.2 Å². The SMILES string of the molecule is C[C@@H](/C=C/CC(=O)N1Cc2ccccc2C[C@H]1CO)[C@]1(O)C(=O)N(c2ccccc2)c2ccc(NC(=O)c3ccc(N)cc3)cc21. The lowest BCUT2D eigenvalue weighted by Gasteiger charge is -2.36. The molecule has 2 aliphatic rings. The predicted octanol–water partition coefficient (Wildman–Crippen LogP) is 4.92. The molecule has 9 heteroatoms. The number of nitrogens with zero attached hydrogens (tertiary/aromatic N) is 2. The van der Waals surface area contributed by atoms with E-state index in [-0.39, 0.29) is 30.9 Å². The molecule has 0 aromatic heterocycles. The maximum absolute atomic E-state index is 14.1. The Labute approximate surface area is 267 Å². The molecule has 3 amide bonds. The summed E-state index contributed by atoms with van der Waals surface area (Å²) < 4.78 is 0. The van der Waals surface area contributed by atoms with Crippen LogP contribution in [0.1, 0.15) is 40.4 Å². The van der Waals surface area contributed by atoms with Crippen LogP contribution in [0, 0.1) is 5.92 Å². The number of nitrogen functional groups attached to an aromatic ring is 1. The second kappa shape index (κ2) is 12.6. The Kier molecular flexibility index (Phi) is 8.44. The number of amides is 3. The molecule has 2 aliphatic heterocycles. The first-order chi connectivity index (χ1) is 22.2. The number of nitrogens with two attached hydrogens (primary N) is 1. The number of anilines is 4. The number of hydrogen-bond donors (Lipinski definition) is 4. The maximum Gasteiger partial charge on any atom is 0.268 e. The lowest BCUT2D eigenvalue weighted by atomic mass is 9.82. The lowest BCUT2D eigenvalue weighted by molar-refractivity contribution is -0.138. The molecule has 0 fully saturated rings. The minimum atomic E-state index is -1.98. The van der Waals surface area contributed by atoms with Crippen LogP contribution in [0.5, 0.6) is 0 Å². The smallest absolute Gasteiger partial charge is 0.268 e. The Bertz CT molecular complexity index is 1810. The summed E-state index contributed by atoms with van der Waals surface area (Å²) in [5.41, 5.74) is 8.75. The molecule has 0 spiro atoms. The number of benzene rings is 4. The van der Waals surface area contributed by atoms with Gasteiger partial charge in [-0.2, -0.15) is 0 Å². The number of para-hydroxylation sites is 1. The Balaban J connectivity index is 1.26. The number of nitrogens with one attached hydrogen (secondary N) is 1. The average Bonchev–Trinajstić information content (AvgIpc) is 3.30. The van der Waals surface area contributed by atoms with Crippen LogP contribution in [-0.2, 0) is 28.2 Å². The normalized spacial score (nSPS) is 19.5. The van der Waals surface area contributed by atoms with E-state index in [4.69, 9.17) is 5.73 Å². The fourth-order valence-corrected chi connectivity index (χ4v) is 6.29. The van der Waals surface area contributed by atoms with E-state index in [9.17, 15) is 24.6 Å². The largest absolute Gasteiger partial charge is 0.399 e. The molecular formula is C37H36N4O5. The lowest BCUT2D eigenvalue weighted by Crippen LogP contribution is -2.46. The quantitative estimate of drug-likeness (QED) is 0.164. The van der Waals surface area contributed by atoms with Crippen LogP contribution in [-0.4, -0.2) is 45.5 Å². The van der Waals surface area contributed by atoms with Crippen LogP contribution in [0.3, 0.4) is 0 Å². The van der Waals surface area contributed by atoms with Crippen molar-refractivity contribution in [3.8, 4) is 0 Å². The van der Waals surface area contributed by atoms with Gasteiger partial charge in [0.05, 0.1) is 18.3 Å². The minimum Gasteiger partial charge on any atom is -0.399 e. The van der Waals surface area contributed by atoms with Crippen molar-refractivity contribution in [2.45, 2.75) is 38.0 Å². The van der Waals surface area contributed by atoms with Crippen LogP contribution in [0.15, 0.2) is 109 Å². The van der Waals surface area contributed by atoms with E-state index in [2.05, 4.69) is 5.32 Å². The topological polar surface area (TPSA) is 136 Å². The summed E-state index contributed by atoms with van der Waals surface area (Å²) in [4.78, 5) is 43.6. The summed E-state index contributed by atoms with van der Waals surface area (Å²) in [7, 11) is 0. The van der Waals surface area contributed by atoms with Crippen LogP contribution in [0.2, 0.25) is 0 Å². The highest BCUT2D eigenvalue weighted by Gasteiger charge is 2.53. The molecule has 0 aliphatic carbocycles. The summed E-state index contributed by atoms with van der Waals surface area (Å²) in [5, 5.41) is 25.1. The summed E-state index contributed by atoms with van der Waals surface area (Å²) in [6, 6.07) is 28.2. The zero-order valence-corrected chi connectivity index (χ0v) is 25.5. The maximum atomic E-state index is 14.1. The molecule has 4 aromatic carbocycles. The number of aliphatic hydroxyl groups excluding tert-OH is 1. The van der Waals surface area contributed by atoms with Crippen LogP contribution in [0.4, 0.5) is 22.7 Å². The number of carbonyl (C=O) groups excluding carboxylic acids is 3. The molecule has 9 nitrogen and oxygen atoms in total. The van der Waals surface area contributed by atoms with Crippen molar-refractivity contribution in [2.24, 2.45) is 5.92 Å². The molecule has 0 unspecified atom stereocenters. The first kappa shape index (κ1) is 30.8. The first-order valence-corrected chi connectivity index (χ1v) is 15.3. The number of carbonyl (C=O) groups is 3. The van der Waals surface area contributed by atoms with Crippen LogP contribution < -0.4 is 16.0 Å². The Hall–Kier alpha value is -5.25. The molecule has 46 heavy (non-hydrogen) atoms. The summed E-state index contributed by atoms with van der Waals surface area (Å²) in [5.74, 6) is -1.78. The molecule has 2 heterocycles. The van der Waals surface area contributed by atoms with E-state index in [1.807, 2.05) is 42.5 Å². The summed E-state index contributed by atoms with van der Waals surface area (Å²) in [6.45, 7) is 2.00. The van der Waals surface area contributed by atoms with Crippen LogP contribution >= 0.6 is 0 Å². The van der Waals surface area contributed by atoms with Crippen molar-refractivity contribution in [3.63, 3.8) is 0 Å². The predicted molar refractivity (Wildman–Crippen MR) is 177 cm³/mol. The van der Waals surface area contributed by atoms with E-state index in [1.165, 1.54) is 4.90 Å². The molecule has 6 rings (SSSR count). The molecule has 234 valence electrons. The van der Waals surface area contributed by atoms with E-state index in [1.54, 1.807) is 78.6 Å². The van der Waals surface area contributed by atoms with Gasteiger partial charge in [0.15, 0.2) is 5.60 Å². The van der Waals surface area contributed by atoms with Gasteiger partial charge in [-0.25, -0.2) is 0 Å². The van der Waals surface area contributed by atoms with E-state index in [0.717, 1.165) is 11.1 Å². The fourth-order valence-electron chi connectivity index (χ4n) is 6.29.